The Morgan fingerprint density at radius 3 is 2.54 bits per heavy atom. The largest absolute Gasteiger partial charge is 0.491 e. The van der Waals surface area contributed by atoms with E-state index in [9.17, 15) is 4.79 Å². The summed E-state index contributed by atoms with van der Waals surface area (Å²) in [5.74, 6) is 0.794. The lowest BCUT2D eigenvalue weighted by Gasteiger charge is -2.30. The molecule has 2 saturated carbocycles. The summed E-state index contributed by atoms with van der Waals surface area (Å²) in [4.78, 5) is 12.1. The van der Waals surface area contributed by atoms with Gasteiger partial charge in [-0.3, -0.25) is 5.32 Å². The van der Waals surface area contributed by atoms with Crippen LogP contribution < -0.4 is 15.8 Å². The maximum Gasteiger partial charge on any atom is 0.411 e. The van der Waals surface area contributed by atoms with Crippen LogP contribution in [0.15, 0.2) is 42.5 Å². The summed E-state index contributed by atoms with van der Waals surface area (Å²) in [6.07, 6.45) is 6.11. The molecule has 1 aromatic heterocycles. The average Bonchev–Trinajstić information content (AvgIpc) is 3.41. The number of nitrogens with zero attached hydrogens (tertiary/aromatic N) is 1. The summed E-state index contributed by atoms with van der Waals surface area (Å²) < 4.78 is 24.5. The molecule has 2 aromatic carbocycles. The minimum Gasteiger partial charge on any atom is -0.491 e. The highest BCUT2D eigenvalue weighted by Crippen LogP contribution is 2.45. The summed E-state index contributed by atoms with van der Waals surface area (Å²) in [5.41, 5.74) is 11.3. The van der Waals surface area contributed by atoms with Crippen molar-refractivity contribution in [1.82, 2.24) is 4.57 Å². The fraction of sp³-hybridized carbons (Fsp3) is 0.444. The first-order chi connectivity index (χ1) is 17.2. The van der Waals surface area contributed by atoms with Gasteiger partial charge >= 0.3 is 6.09 Å². The second-order valence-corrected chi connectivity index (χ2v) is 9.64. The predicted molar refractivity (Wildman–Crippen MR) is 134 cm³/mol. The molecule has 3 aliphatic rings. The van der Waals surface area contributed by atoms with Crippen LogP contribution in [-0.4, -0.2) is 42.9 Å². The molecule has 3 N–H and O–H groups in total. The average molecular weight is 478 g/mol. The first-order valence-corrected chi connectivity index (χ1v) is 12.5. The van der Waals surface area contributed by atoms with Crippen LogP contribution in [0, 0.1) is 0 Å². The Morgan fingerprint density at radius 1 is 1.09 bits per heavy atom. The number of carbonyl (C=O) groups is 1. The Labute approximate surface area is 204 Å². The zero-order valence-electron chi connectivity index (χ0n) is 19.7. The van der Waals surface area contributed by atoms with Crippen LogP contribution in [0.25, 0.3) is 22.2 Å². The third-order valence-corrected chi connectivity index (χ3v) is 7.31. The maximum absolute atomic E-state index is 12.1. The second-order valence-electron chi connectivity index (χ2n) is 9.64. The number of nitrogen functional groups attached to an aromatic ring is 1. The van der Waals surface area contributed by atoms with Gasteiger partial charge in [0.05, 0.1) is 23.5 Å². The summed E-state index contributed by atoms with van der Waals surface area (Å²) in [6.45, 7) is 1.34. The highest BCUT2D eigenvalue weighted by atomic mass is 16.7. The third kappa shape index (κ3) is 4.44. The van der Waals surface area contributed by atoms with E-state index >= 15 is 0 Å². The smallest absolute Gasteiger partial charge is 0.411 e. The molecule has 8 heteroatoms. The SMILES string of the molecule is Nc1c(-c2ccc(NC(=O)OC3CCC3)cc2)n(C2CCC2)c2cc(OCC3COCO3)ccc12. The number of nitrogens with one attached hydrogen (secondary N) is 1. The first kappa shape index (κ1) is 22.2. The van der Waals surface area contributed by atoms with E-state index in [0.29, 0.717) is 31.7 Å². The van der Waals surface area contributed by atoms with Gasteiger partial charge in [0.2, 0.25) is 0 Å². The number of amides is 1. The Balaban J connectivity index is 1.27. The van der Waals surface area contributed by atoms with Gasteiger partial charge in [0, 0.05) is 28.7 Å². The van der Waals surface area contributed by atoms with Crippen molar-refractivity contribution in [2.24, 2.45) is 0 Å². The Kier molecular flexibility index (Phi) is 6.00. The molecule has 0 radical (unpaired) electrons. The number of ether oxygens (including phenoxy) is 4. The highest BCUT2D eigenvalue weighted by Gasteiger charge is 2.27. The van der Waals surface area contributed by atoms with E-state index in [1.54, 1.807) is 0 Å². The topological polar surface area (TPSA) is 97.0 Å². The van der Waals surface area contributed by atoms with Gasteiger partial charge in [-0.2, -0.15) is 0 Å². The van der Waals surface area contributed by atoms with E-state index in [-0.39, 0.29) is 12.2 Å². The van der Waals surface area contributed by atoms with Gasteiger partial charge in [-0.15, -0.1) is 0 Å². The third-order valence-electron chi connectivity index (χ3n) is 7.31. The van der Waals surface area contributed by atoms with Crippen molar-refractivity contribution in [2.75, 3.05) is 31.1 Å². The van der Waals surface area contributed by atoms with E-state index in [1.165, 1.54) is 6.42 Å². The van der Waals surface area contributed by atoms with Crippen molar-refractivity contribution in [3.05, 3.63) is 42.5 Å². The zero-order chi connectivity index (χ0) is 23.8. The lowest BCUT2D eigenvalue weighted by Crippen LogP contribution is -2.27. The molecule has 184 valence electrons. The molecular weight excluding hydrogens is 446 g/mol. The summed E-state index contributed by atoms with van der Waals surface area (Å²) in [7, 11) is 0. The van der Waals surface area contributed by atoms with Crippen LogP contribution >= 0.6 is 0 Å². The molecule has 3 fully saturated rings. The molecule has 1 amide bonds. The number of hydrogen-bond acceptors (Lipinski definition) is 6. The Bertz CT molecular complexity index is 1210. The van der Waals surface area contributed by atoms with E-state index in [1.807, 2.05) is 36.4 Å². The number of anilines is 2. The van der Waals surface area contributed by atoms with Crippen molar-refractivity contribution in [2.45, 2.75) is 56.8 Å². The number of hydrogen-bond donors (Lipinski definition) is 2. The van der Waals surface area contributed by atoms with Crippen LogP contribution in [-0.2, 0) is 14.2 Å². The molecule has 1 saturated heterocycles. The first-order valence-electron chi connectivity index (χ1n) is 12.5. The van der Waals surface area contributed by atoms with Gasteiger partial charge in [0.1, 0.15) is 31.4 Å². The Morgan fingerprint density at radius 2 is 1.89 bits per heavy atom. The summed E-state index contributed by atoms with van der Waals surface area (Å²) in [5, 5.41) is 3.85. The van der Waals surface area contributed by atoms with Gasteiger partial charge < -0.3 is 29.2 Å². The van der Waals surface area contributed by atoms with Crippen LogP contribution in [0.4, 0.5) is 16.2 Å². The molecule has 0 bridgehead atoms. The number of aromatic nitrogens is 1. The number of nitrogens with two attached hydrogens (primary N) is 1. The molecule has 35 heavy (non-hydrogen) atoms. The zero-order valence-corrected chi connectivity index (χ0v) is 19.7. The molecule has 6 rings (SSSR count). The predicted octanol–water partition coefficient (Wildman–Crippen LogP) is 5.47. The number of benzene rings is 2. The molecular formula is C27H31N3O5. The van der Waals surface area contributed by atoms with Crippen LogP contribution in [0.2, 0.25) is 0 Å². The summed E-state index contributed by atoms with van der Waals surface area (Å²) >= 11 is 0. The molecule has 2 aliphatic carbocycles. The normalized spacial score (nSPS) is 20.4. The number of fused-ring (bicyclic) bond motifs is 1. The molecule has 1 atom stereocenters. The van der Waals surface area contributed by atoms with Gasteiger partial charge in [-0.25, -0.2) is 4.79 Å². The minimum absolute atomic E-state index is 0.0390. The van der Waals surface area contributed by atoms with E-state index in [4.69, 9.17) is 24.7 Å². The van der Waals surface area contributed by atoms with Crippen molar-refractivity contribution >= 4 is 28.4 Å². The molecule has 0 spiro atoms. The minimum atomic E-state index is -0.396. The molecule has 2 heterocycles. The molecule has 3 aromatic rings. The quantitative estimate of drug-likeness (QED) is 0.469. The van der Waals surface area contributed by atoms with Gasteiger partial charge in [0.25, 0.3) is 0 Å². The fourth-order valence-electron chi connectivity index (χ4n) is 4.88. The lowest BCUT2D eigenvalue weighted by atomic mass is 9.92. The second kappa shape index (κ2) is 9.43. The van der Waals surface area contributed by atoms with Gasteiger partial charge in [-0.1, -0.05) is 12.1 Å². The van der Waals surface area contributed by atoms with Crippen molar-refractivity contribution in [1.29, 1.82) is 0 Å². The van der Waals surface area contributed by atoms with Gasteiger partial charge in [0.15, 0.2) is 0 Å². The van der Waals surface area contributed by atoms with Crippen LogP contribution in [0.1, 0.15) is 44.6 Å². The summed E-state index contributed by atoms with van der Waals surface area (Å²) in [6, 6.07) is 14.3. The standard InChI is InChI=1S/C27H31N3O5/c28-25-23-12-11-21(33-15-22-14-32-16-34-22)13-24(23)30(19-3-1-4-19)26(25)17-7-9-18(10-8-17)29-27(31)35-20-5-2-6-20/h7-13,19-20,22H,1-6,14-16,28H2,(H,29,31). The Hall–Kier alpha value is -3.23. The number of carbonyl (C=O) groups excluding carboxylic acids is 1. The van der Waals surface area contributed by atoms with Crippen molar-refractivity contribution < 1.29 is 23.7 Å². The highest BCUT2D eigenvalue weighted by molar-refractivity contribution is 6.01. The molecule has 1 unspecified atom stereocenters. The number of rotatable bonds is 7. The van der Waals surface area contributed by atoms with E-state index in [0.717, 1.165) is 65.7 Å². The van der Waals surface area contributed by atoms with Crippen molar-refractivity contribution in [3.63, 3.8) is 0 Å². The monoisotopic (exact) mass is 477 g/mol. The van der Waals surface area contributed by atoms with E-state index < -0.39 is 6.09 Å². The van der Waals surface area contributed by atoms with Crippen LogP contribution in [0.3, 0.4) is 0 Å². The van der Waals surface area contributed by atoms with Crippen LogP contribution in [0.5, 0.6) is 5.75 Å². The van der Waals surface area contributed by atoms with Crippen molar-refractivity contribution in [3.8, 4) is 17.0 Å². The van der Waals surface area contributed by atoms with E-state index in [2.05, 4.69) is 16.0 Å². The maximum atomic E-state index is 12.1. The fourth-order valence-corrected chi connectivity index (χ4v) is 4.88. The van der Waals surface area contributed by atoms with Gasteiger partial charge in [-0.05, 0) is 62.8 Å². The molecule has 8 nitrogen and oxygen atoms in total. The molecule has 1 aliphatic heterocycles. The lowest BCUT2D eigenvalue weighted by molar-refractivity contribution is 0.0320.